The molecule has 1 aliphatic heterocycles. The molecule has 1 aromatic rings. The van der Waals surface area contributed by atoms with Gasteiger partial charge in [0.25, 0.3) is 0 Å². The third kappa shape index (κ3) is 4.17. The topological polar surface area (TPSA) is 90.6 Å². The fourth-order valence-electron chi connectivity index (χ4n) is 2.08. The molecule has 0 saturated carbocycles. The maximum absolute atomic E-state index is 11.1. The Morgan fingerprint density at radius 3 is 2.60 bits per heavy atom. The predicted molar refractivity (Wildman–Crippen MR) is 75.1 cm³/mol. The smallest absolute Gasteiger partial charge is 0.238 e. The van der Waals surface area contributed by atoms with E-state index in [1.807, 2.05) is 13.8 Å². The summed E-state index contributed by atoms with van der Waals surface area (Å²) in [5.41, 5.74) is -0.205. The fourth-order valence-corrected chi connectivity index (χ4v) is 2.59. The number of nitrogens with one attached hydrogen (secondary N) is 1. The number of nitrogens with two attached hydrogens (primary N) is 1. The molecule has 1 aromatic carbocycles. The van der Waals surface area contributed by atoms with E-state index in [0.717, 1.165) is 13.1 Å². The zero-order valence-corrected chi connectivity index (χ0v) is 12.4. The number of rotatable bonds is 4. The van der Waals surface area contributed by atoms with E-state index in [0.29, 0.717) is 12.4 Å². The Balaban J connectivity index is 1.91. The minimum absolute atomic E-state index is 0.0309. The zero-order chi connectivity index (χ0) is 14.8. The van der Waals surface area contributed by atoms with Crippen molar-refractivity contribution in [3.05, 3.63) is 24.3 Å². The number of benzene rings is 1. The summed E-state index contributed by atoms with van der Waals surface area (Å²) in [7, 11) is -3.66. The van der Waals surface area contributed by atoms with Gasteiger partial charge in [-0.1, -0.05) is 0 Å². The fraction of sp³-hybridized carbons (Fsp3) is 0.538. The van der Waals surface area contributed by atoms with Crippen LogP contribution in [0.4, 0.5) is 0 Å². The van der Waals surface area contributed by atoms with Gasteiger partial charge in [0, 0.05) is 13.1 Å². The first-order valence-corrected chi connectivity index (χ1v) is 7.95. The first-order chi connectivity index (χ1) is 9.26. The monoisotopic (exact) mass is 300 g/mol. The molecule has 112 valence electrons. The Bertz CT molecular complexity index is 554. The summed E-state index contributed by atoms with van der Waals surface area (Å²) >= 11 is 0. The molecule has 0 aliphatic carbocycles. The molecule has 2 rings (SSSR count). The van der Waals surface area contributed by atoms with E-state index in [2.05, 4.69) is 5.32 Å². The van der Waals surface area contributed by atoms with Crippen molar-refractivity contribution < 1.29 is 17.9 Å². The van der Waals surface area contributed by atoms with Crippen LogP contribution in [-0.2, 0) is 14.8 Å². The van der Waals surface area contributed by atoms with Gasteiger partial charge < -0.3 is 14.8 Å². The zero-order valence-electron chi connectivity index (χ0n) is 11.6. The van der Waals surface area contributed by atoms with Gasteiger partial charge in [-0.05, 0) is 38.1 Å². The maximum atomic E-state index is 11.1. The van der Waals surface area contributed by atoms with Crippen LogP contribution in [-0.4, -0.2) is 39.8 Å². The number of morpholine rings is 1. The SMILES string of the molecule is CC1(C)CNCC(COc2ccc(S(N)(=O)=O)cc2)O1. The molecule has 1 atom stereocenters. The van der Waals surface area contributed by atoms with Crippen LogP contribution in [0.5, 0.6) is 5.75 Å². The highest BCUT2D eigenvalue weighted by Crippen LogP contribution is 2.18. The van der Waals surface area contributed by atoms with E-state index in [1.165, 1.54) is 12.1 Å². The van der Waals surface area contributed by atoms with Crippen LogP contribution in [0.1, 0.15) is 13.8 Å². The van der Waals surface area contributed by atoms with Crippen LogP contribution < -0.4 is 15.2 Å². The van der Waals surface area contributed by atoms with Crippen molar-refractivity contribution in [2.24, 2.45) is 5.14 Å². The van der Waals surface area contributed by atoms with Gasteiger partial charge in [-0.2, -0.15) is 0 Å². The van der Waals surface area contributed by atoms with Gasteiger partial charge in [0.05, 0.1) is 10.5 Å². The Hall–Kier alpha value is -1.15. The van der Waals surface area contributed by atoms with E-state index in [-0.39, 0.29) is 16.6 Å². The van der Waals surface area contributed by atoms with Crippen LogP contribution in [0.25, 0.3) is 0 Å². The molecule has 0 spiro atoms. The molecule has 20 heavy (non-hydrogen) atoms. The van der Waals surface area contributed by atoms with Crippen molar-refractivity contribution in [1.29, 1.82) is 0 Å². The lowest BCUT2D eigenvalue weighted by Crippen LogP contribution is -2.52. The molecule has 0 aromatic heterocycles. The summed E-state index contributed by atoms with van der Waals surface area (Å²) in [4.78, 5) is 0.0709. The molecule has 1 unspecified atom stereocenters. The molecular formula is C13H20N2O4S. The van der Waals surface area contributed by atoms with E-state index in [1.54, 1.807) is 12.1 Å². The maximum Gasteiger partial charge on any atom is 0.238 e. The van der Waals surface area contributed by atoms with E-state index in [9.17, 15) is 8.42 Å². The molecule has 0 radical (unpaired) electrons. The lowest BCUT2D eigenvalue weighted by Gasteiger charge is -2.36. The van der Waals surface area contributed by atoms with E-state index in [4.69, 9.17) is 14.6 Å². The molecule has 0 amide bonds. The highest BCUT2D eigenvalue weighted by molar-refractivity contribution is 7.89. The number of hydrogen-bond acceptors (Lipinski definition) is 5. The Labute approximate surface area is 119 Å². The summed E-state index contributed by atoms with van der Waals surface area (Å²) in [5, 5.41) is 8.32. The Morgan fingerprint density at radius 1 is 1.40 bits per heavy atom. The molecule has 1 aliphatic rings. The second-order valence-corrected chi connectivity index (χ2v) is 7.02. The van der Waals surface area contributed by atoms with Crippen molar-refractivity contribution in [2.45, 2.75) is 30.4 Å². The minimum Gasteiger partial charge on any atom is -0.491 e. The van der Waals surface area contributed by atoms with E-state index < -0.39 is 10.0 Å². The lowest BCUT2D eigenvalue weighted by atomic mass is 10.1. The summed E-state index contributed by atoms with van der Waals surface area (Å²) in [6.45, 7) is 6.00. The highest BCUT2D eigenvalue weighted by Gasteiger charge is 2.28. The molecule has 1 saturated heterocycles. The average Bonchev–Trinajstić information content (AvgIpc) is 2.35. The number of hydrogen-bond donors (Lipinski definition) is 2. The highest BCUT2D eigenvalue weighted by atomic mass is 32.2. The minimum atomic E-state index is -3.66. The average molecular weight is 300 g/mol. The van der Waals surface area contributed by atoms with Crippen molar-refractivity contribution >= 4 is 10.0 Å². The third-order valence-corrected chi connectivity index (χ3v) is 3.93. The Morgan fingerprint density at radius 2 is 2.05 bits per heavy atom. The van der Waals surface area contributed by atoms with Crippen LogP contribution in [0.3, 0.4) is 0 Å². The second kappa shape index (κ2) is 5.69. The van der Waals surface area contributed by atoms with Crippen molar-refractivity contribution in [3.8, 4) is 5.75 Å². The van der Waals surface area contributed by atoms with Crippen LogP contribution in [0.2, 0.25) is 0 Å². The van der Waals surface area contributed by atoms with Gasteiger partial charge in [-0.15, -0.1) is 0 Å². The number of ether oxygens (including phenoxy) is 2. The van der Waals surface area contributed by atoms with Crippen molar-refractivity contribution in [3.63, 3.8) is 0 Å². The molecule has 3 N–H and O–H groups in total. The first kappa shape index (κ1) is 15.2. The van der Waals surface area contributed by atoms with Gasteiger partial charge in [0.15, 0.2) is 0 Å². The Kier molecular flexibility index (Phi) is 4.33. The second-order valence-electron chi connectivity index (χ2n) is 5.46. The van der Waals surface area contributed by atoms with Gasteiger partial charge in [-0.25, -0.2) is 13.6 Å². The van der Waals surface area contributed by atoms with Crippen molar-refractivity contribution in [2.75, 3.05) is 19.7 Å². The summed E-state index contributed by atoms with van der Waals surface area (Å²) in [6, 6.07) is 6.02. The van der Waals surface area contributed by atoms with E-state index >= 15 is 0 Å². The van der Waals surface area contributed by atoms with Gasteiger partial charge in [0.1, 0.15) is 18.5 Å². The lowest BCUT2D eigenvalue weighted by molar-refractivity contribution is -0.107. The summed E-state index contributed by atoms with van der Waals surface area (Å²) in [5.74, 6) is 0.587. The molecule has 6 nitrogen and oxygen atoms in total. The van der Waals surface area contributed by atoms with Crippen LogP contribution >= 0.6 is 0 Å². The van der Waals surface area contributed by atoms with Gasteiger partial charge in [0.2, 0.25) is 10.0 Å². The standard InChI is InChI=1S/C13H20N2O4S/c1-13(2)9-15-7-11(19-13)8-18-10-3-5-12(6-4-10)20(14,16)17/h3-6,11,15H,7-9H2,1-2H3,(H2,14,16,17). The molecular weight excluding hydrogens is 280 g/mol. The third-order valence-electron chi connectivity index (χ3n) is 3.00. The summed E-state index contributed by atoms with van der Waals surface area (Å²) < 4.78 is 33.7. The normalized spacial score (nSPS) is 22.4. The largest absolute Gasteiger partial charge is 0.491 e. The summed E-state index contributed by atoms with van der Waals surface area (Å²) in [6.07, 6.45) is -0.0309. The van der Waals surface area contributed by atoms with Gasteiger partial charge in [-0.3, -0.25) is 0 Å². The first-order valence-electron chi connectivity index (χ1n) is 6.40. The van der Waals surface area contributed by atoms with Gasteiger partial charge >= 0.3 is 0 Å². The van der Waals surface area contributed by atoms with Crippen LogP contribution in [0.15, 0.2) is 29.2 Å². The number of primary sulfonamides is 1. The molecule has 1 heterocycles. The predicted octanol–water partition coefficient (Wildman–Crippen LogP) is 0.480. The molecule has 1 fully saturated rings. The molecule has 0 bridgehead atoms. The quantitative estimate of drug-likeness (QED) is 0.844. The number of sulfonamides is 1. The molecule has 7 heteroatoms. The van der Waals surface area contributed by atoms with Crippen LogP contribution in [0, 0.1) is 0 Å². The van der Waals surface area contributed by atoms with Crippen molar-refractivity contribution in [1.82, 2.24) is 5.32 Å².